The lowest BCUT2D eigenvalue weighted by atomic mass is 9.96. The van der Waals surface area contributed by atoms with Gasteiger partial charge in [0.25, 0.3) is 0 Å². The minimum Gasteiger partial charge on any atom is -0.356 e. The van der Waals surface area contributed by atoms with Gasteiger partial charge in [0.15, 0.2) is 5.16 Å². The third kappa shape index (κ3) is 3.72. The van der Waals surface area contributed by atoms with Gasteiger partial charge in [-0.3, -0.25) is 4.68 Å². The second-order valence-corrected chi connectivity index (χ2v) is 8.27. The van der Waals surface area contributed by atoms with Crippen LogP contribution in [0.5, 0.6) is 0 Å². The number of H-pyrrole nitrogens is 1. The molecule has 10 heteroatoms. The molecule has 0 saturated carbocycles. The van der Waals surface area contributed by atoms with E-state index in [0.29, 0.717) is 12.3 Å². The standard InChI is InChI=1S/C21H21N9S/c1-31-21-24-8-4-18(28-21)29-9-5-14(11-29)17(2-6-22)30-12-15(10-27-30)19-16-3-7-23-20(16)26-13-25-19/h3-4,7-8,10,12-14,17H,2,5,9,11H2,1H3,(H,23,25,26). The van der Waals surface area contributed by atoms with E-state index in [1.54, 1.807) is 12.5 Å². The molecule has 4 aromatic rings. The Labute approximate surface area is 183 Å². The number of hydrogen-bond acceptors (Lipinski definition) is 8. The average Bonchev–Trinajstić information content (AvgIpc) is 3.57. The number of nitriles is 1. The highest BCUT2D eigenvalue weighted by Gasteiger charge is 2.32. The van der Waals surface area contributed by atoms with E-state index in [9.17, 15) is 5.26 Å². The van der Waals surface area contributed by atoms with Crippen molar-refractivity contribution in [3.05, 3.63) is 43.2 Å². The fourth-order valence-corrected chi connectivity index (χ4v) is 4.58. The second kappa shape index (κ2) is 8.35. The SMILES string of the molecule is CSc1nccc(N2CCC(C(CC#N)n3cc(-c4ncnc5[nH]ccc45)cn3)C2)n1. The molecular weight excluding hydrogens is 410 g/mol. The van der Waals surface area contributed by atoms with Crippen molar-refractivity contribution in [2.45, 2.75) is 24.0 Å². The van der Waals surface area contributed by atoms with E-state index >= 15 is 0 Å². The fraction of sp³-hybridized carbons (Fsp3) is 0.333. The van der Waals surface area contributed by atoms with Crippen molar-refractivity contribution >= 4 is 28.6 Å². The molecule has 1 aliphatic heterocycles. The smallest absolute Gasteiger partial charge is 0.189 e. The van der Waals surface area contributed by atoms with Crippen molar-refractivity contribution in [1.29, 1.82) is 5.26 Å². The van der Waals surface area contributed by atoms with E-state index in [-0.39, 0.29) is 6.04 Å². The maximum Gasteiger partial charge on any atom is 0.189 e. The van der Waals surface area contributed by atoms with Gasteiger partial charge in [-0.2, -0.15) is 10.4 Å². The predicted molar refractivity (Wildman–Crippen MR) is 119 cm³/mol. The van der Waals surface area contributed by atoms with Gasteiger partial charge in [0, 0.05) is 48.5 Å². The summed E-state index contributed by atoms with van der Waals surface area (Å²) in [4.78, 5) is 23.0. The quantitative estimate of drug-likeness (QED) is 0.365. The number of fused-ring (bicyclic) bond motifs is 1. The largest absolute Gasteiger partial charge is 0.356 e. The Kier molecular flexibility index (Phi) is 5.26. The van der Waals surface area contributed by atoms with Crippen LogP contribution in [-0.2, 0) is 0 Å². The molecule has 0 spiro atoms. The first kappa shape index (κ1) is 19.5. The minimum absolute atomic E-state index is 0.00541. The summed E-state index contributed by atoms with van der Waals surface area (Å²) in [6.07, 6.45) is 12.4. The first-order valence-electron chi connectivity index (χ1n) is 10.1. The minimum atomic E-state index is -0.00541. The Morgan fingerprint density at radius 1 is 1.32 bits per heavy atom. The van der Waals surface area contributed by atoms with Gasteiger partial charge in [-0.1, -0.05) is 11.8 Å². The first-order chi connectivity index (χ1) is 15.3. The second-order valence-electron chi connectivity index (χ2n) is 7.50. The number of nitrogens with one attached hydrogen (secondary N) is 1. The normalized spacial score (nSPS) is 17.2. The van der Waals surface area contributed by atoms with Crippen LogP contribution in [0.1, 0.15) is 18.9 Å². The molecule has 1 saturated heterocycles. The van der Waals surface area contributed by atoms with Crippen LogP contribution in [0.4, 0.5) is 5.82 Å². The summed E-state index contributed by atoms with van der Waals surface area (Å²) in [6.45, 7) is 1.74. The zero-order valence-corrected chi connectivity index (χ0v) is 17.8. The molecule has 2 unspecified atom stereocenters. The molecule has 0 aromatic carbocycles. The Morgan fingerprint density at radius 2 is 2.26 bits per heavy atom. The number of thioether (sulfide) groups is 1. The molecule has 0 radical (unpaired) electrons. The maximum atomic E-state index is 9.49. The van der Waals surface area contributed by atoms with Gasteiger partial charge in [-0.05, 0) is 24.8 Å². The van der Waals surface area contributed by atoms with Crippen molar-refractivity contribution < 1.29 is 0 Å². The zero-order chi connectivity index (χ0) is 21.2. The summed E-state index contributed by atoms with van der Waals surface area (Å²) in [6, 6.07) is 6.26. The Hall–Kier alpha value is -3.45. The van der Waals surface area contributed by atoms with Gasteiger partial charge in [0.1, 0.15) is 17.8 Å². The molecule has 0 amide bonds. The zero-order valence-electron chi connectivity index (χ0n) is 17.0. The van der Waals surface area contributed by atoms with E-state index in [2.05, 4.69) is 41.0 Å². The monoisotopic (exact) mass is 431 g/mol. The summed E-state index contributed by atoms with van der Waals surface area (Å²) in [5.74, 6) is 1.24. The van der Waals surface area contributed by atoms with Crippen molar-refractivity contribution in [3.63, 3.8) is 0 Å². The molecular formula is C21H21N9S. The highest BCUT2D eigenvalue weighted by Crippen LogP contribution is 2.34. The lowest BCUT2D eigenvalue weighted by Gasteiger charge is -2.23. The predicted octanol–water partition coefficient (Wildman–Crippen LogP) is 3.31. The van der Waals surface area contributed by atoms with E-state index in [0.717, 1.165) is 52.8 Å². The van der Waals surface area contributed by atoms with Crippen LogP contribution in [0.2, 0.25) is 0 Å². The van der Waals surface area contributed by atoms with Crippen molar-refractivity contribution in [1.82, 2.24) is 34.7 Å². The Balaban J connectivity index is 1.39. The van der Waals surface area contributed by atoms with Gasteiger partial charge in [-0.25, -0.2) is 19.9 Å². The van der Waals surface area contributed by atoms with Crippen LogP contribution in [0, 0.1) is 17.2 Å². The summed E-state index contributed by atoms with van der Waals surface area (Å²) < 4.78 is 1.93. The lowest BCUT2D eigenvalue weighted by molar-refractivity contribution is 0.332. The molecule has 31 heavy (non-hydrogen) atoms. The molecule has 1 aliphatic rings. The van der Waals surface area contributed by atoms with Crippen molar-refractivity contribution in [3.8, 4) is 17.3 Å². The van der Waals surface area contributed by atoms with Crippen molar-refractivity contribution in [2.24, 2.45) is 5.92 Å². The average molecular weight is 432 g/mol. The highest BCUT2D eigenvalue weighted by molar-refractivity contribution is 7.98. The fourth-order valence-electron chi connectivity index (χ4n) is 4.23. The van der Waals surface area contributed by atoms with E-state index in [1.165, 1.54) is 11.8 Å². The van der Waals surface area contributed by atoms with Gasteiger partial charge >= 0.3 is 0 Å². The summed E-state index contributed by atoms with van der Waals surface area (Å²) in [5.41, 5.74) is 2.56. The molecule has 5 heterocycles. The molecule has 0 aliphatic carbocycles. The number of aromatic nitrogens is 7. The van der Waals surface area contributed by atoms with Crippen LogP contribution in [0.25, 0.3) is 22.3 Å². The van der Waals surface area contributed by atoms with Gasteiger partial charge < -0.3 is 9.88 Å². The van der Waals surface area contributed by atoms with Crippen molar-refractivity contribution in [2.75, 3.05) is 24.2 Å². The van der Waals surface area contributed by atoms with Gasteiger partial charge in [0.05, 0.1) is 30.4 Å². The maximum absolute atomic E-state index is 9.49. The number of rotatable bonds is 6. The topological polar surface area (TPSA) is 112 Å². The van der Waals surface area contributed by atoms with E-state index in [4.69, 9.17) is 0 Å². The number of anilines is 1. The lowest BCUT2D eigenvalue weighted by Crippen LogP contribution is -2.25. The van der Waals surface area contributed by atoms with Crippen LogP contribution < -0.4 is 4.90 Å². The number of hydrogen-bond donors (Lipinski definition) is 1. The molecule has 4 aromatic heterocycles. The van der Waals surface area contributed by atoms with Gasteiger partial charge in [-0.15, -0.1) is 0 Å². The molecule has 0 bridgehead atoms. The third-order valence-electron chi connectivity index (χ3n) is 5.76. The number of nitrogens with zero attached hydrogens (tertiary/aromatic N) is 8. The molecule has 1 fully saturated rings. The number of aromatic amines is 1. The molecule has 1 N–H and O–H groups in total. The Morgan fingerprint density at radius 3 is 3.13 bits per heavy atom. The Bertz CT molecular complexity index is 1240. The van der Waals surface area contributed by atoms with Crippen LogP contribution >= 0.6 is 11.8 Å². The van der Waals surface area contributed by atoms with Crippen LogP contribution in [0.3, 0.4) is 0 Å². The molecule has 156 valence electrons. The van der Waals surface area contributed by atoms with Crippen LogP contribution in [0.15, 0.2) is 48.4 Å². The summed E-state index contributed by atoms with van der Waals surface area (Å²) in [7, 11) is 0. The summed E-state index contributed by atoms with van der Waals surface area (Å²) in [5, 5.41) is 15.8. The van der Waals surface area contributed by atoms with Gasteiger partial charge in [0.2, 0.25) is 0 Å². The molecule has 5 rings (SSSR count). The van der Waals surface area contributed by atoms with Crippen LogP contribution in [-0.4, -0.2) is 54.0 Å². The first-order valence-corrected chi connectivity index (χ1v) is 11.3. The summed E-state index contributed by atoms with van der Waals surface area (Å²) >= 11 is 1.54. The van der Waals surface area contributed by atoms with E-state index < -0.39 is 0 Å². The van der Waals surface area contributed by atoms with E-state index in [1.807, 2.05) is 41.7 Å². The highest BCUT2D eigenvalue weighted by atomic mass is 32.2. The molecule has 2 atom stereocenters. The third-order valence-corrected chi connectivity index (χ3v) is 6.33. The molecule has 9 nitrogen and oxygen atoms in total.